The van der Waals surface area contributed by atoms with Crippen LogP contribution in [0.3, 0.4) is 0 Å². The van der Waals surface area contributed by atoms with Crippen LogP contribution in [0, 0.1) is 0 Å². The van der Waals surface area contributed by atoms with Crippen LogP contribution in [-0.4, -0.2) is 35.4 Å². The Morgan fingerprint density at radius 2 is 2.15 bits per heavy atom. The maximum absolute atomic E-state index is 10.9. The number of hydrogen-bond acceptors (Lipinski definition) is 4. The highest BCUT2D eigenvalue weighted by molar-refractivity contribution is 5.85. The van der Waals surface area contributed by atoms with Crippen molar-refractivity contribution in [1.82, 2.24) is 5.32 Å². The van der Waals surface area contributed by atoms with Gasteiger partial charge in [0.15, 0.2) is 0 Å². The molecule has 13 heavy (non-hydrogen) atoms. The quantitative estimate of drug-likeness (QED) is 0.454. The van der Waals surface area contributed by atoms with E-state index in [4.69, 9.17) is 10.8 Å². The fraction of sp³-hybridized carbons (Fsp3) is 0.571. The van der Waals surface area contributed by atoms with E-state index in [1.54, 1.807) is 0 Å². The number of carbonyl (C=O) groups excluding carboxylic acids is 2. The van der Waals surface area contributed by atoms with Crippen LogP contribution in [0.25, 0.3) is 0 Å². The Bertz CT molecular complexity index is 215. The van der Waals surface area contributed by atoms with Crippen LogP contribution in [0.1, 0.15) is 13.3 Å². The maximum Gasteiger partial charge on any atom is 0.305 e. The van der Waals surface area contributed by atoms with Gasteiger partial charge < -0.3 is 21.0 Å². The van der Waals surface area contributed by atoms with E-state index in [2.05, 4.69) is 5.32 Å². The summed E-state index contributed by atoms with van der Waals surface area (Å²) in [5.74, 6) is -1.69. The summed E-state index contributed by atoms with van der Waals surface area (Å²) in [7, 11) is 0. The van der Waals surface area contributed by atoms with Gasteiger partial charge >= 0.3 is 5.97 Å². The molecule has 0 heterocycles. The zero-order chi connectivity index (χ0) is 10.4. The van der Waals surface area contributed by atoms with Crippen molar-refractivity contribution in [2.75, 3.05) is 0 Å². The van der Waals surface area contributed by atoms with E-state index in [1.165, 1.54) is 6.92 Å². The molecule has 0 radical (unpaired) electrons. The van der Waals surface area contributed by atoms with Crippen molar-refractivity contribution >= 4 is 18.2 Å². The molecule has 0 aliphatic carbocycles. The maximum atomic E-state index is 10.9. The van der Waals surface area contributed by atoms with E-state index in [9.17, 15) is 14.4 Å². The lowest BCUT2D eigenvalue weighted by Crippen LogP contribution is -2.45. The molecular weight excluding hydrogens is 176 g/mol. The van der Waals surface area contributed by atoms with Crippen LogP contribution < -0.4 is 11.1 Å². The third-order valence-corrected chi connectivity index (χ3v) is 1.30. The molecule has 74 valence electrons. The topological polar surface area (TPSA) is 109 Å². The number of carboxylic acids is 1. The summed E-state index contributed by atoms with van der Waals surface area (Å²) in [6, 6.07) is -1.76. The molecule has 2 atom stereocenters. The lowest BCUT2D eigenvalue weighted by atomic mass is 10.2. The lowest BCUT2D eigenvalue weighted by molar-refractivity contribution is -0.138. The number of nitrogens with one attached hydrogen (secondary N) is 1. The molecular formula is C7H12N2O4. The Morgan fingerprint density at radius 1 is 1.62 bits per heavy atom. The van der Waals surface area contributed by atoms with Crippen molar-refractivity contribution in [3.8, 4) is 0 Å². The largest absolute Gasteiger partial charge is 0.481 e. The molecule has 6 nitrogen and oxygen atoms in total. The molecule has 0 saturated heterocycles. The number of nitrogens with two attached hydrogens (primary N) is 1. The summed E-state index contributed by atoms with van der Waals surface area (Å²) in [5, 5.41) is 10.5. The highest BCUT2D eigenvalue weighted by Crippen LogP contribution is 1.89. The van der Waals surface area contributed by atoms with Gasteiger partial charge in [-0.05, 0) is 6.92 Å². The normalized spacial score (nSPS) is 14.3. The summed E-state index contributed by atoms with van der Waals surface area (Å²) in [4.78, 5) is 31.4. The minimum atomic E-state index is -1.15. The van der Waals surface area contributed by atoms with Crippen LogP contribution in [0.4, 0.5) is 0 Å². The van der Waals surface area contributed by atoms with E-state index >= 15 is 0 Å². The molecule has 1 amide bonds. The minimum absolute atomic E-state index is 0.369. The average molecular weight is 188 g/mol. The number of carbonyl (C=O) groups is 3. The van der Waals surface area contributed by atoms with Gasteiger partial charge in [-0.15, -0.1) is 0 Å². The monoisotopic (exact) mass is 188 g/mol. The molecule has 0 aromatic rings. The van der Waals surface area contributed by atoms with Crippen molar-refractivity contribution in [1.29, 1.82) is 0 Å². The molecule has 0 fully saturated rings. The average Bonchev–Trinajstić information content (AvgIpc) is 2.02. The van der Waals surface area contributed by atoms with E-state index in [0.717, 1.165) is 0 Å². The lowest BCUT2D eigenvalue weighted by Gasteiger charge is -2.11. The Balaban J connectivity index is 4.05. The standard InChI is InChI=1S/C7H12N2O4/c1-4(8)7(13)9-5(3-10)2-6(11)12/h3-5H,2,8H2,1H3,(H,9,13)(H,11,12)/t4-,5-/m0/s1. The van der Waals surface area contributed by atoms with Crippen molar-refractivity contribution in [2.45, 2.75) is 25.4 Å². The Hall–Kier alpha value is -1.43. The highest BCUT2D eigenvalue weighted by atomic mass is 16.4. The molecule has 0 bridgehead atoms. The van der Waals surface area contributed by atoms with Gasteiger partial charge in [-0.1, -0.05) is 0 Å². The predicted octanol–water partition coefficient (Wildman–Crippen LogP) is -1.51. The molecule has 0 saturated carbocycles. The SMILES string of the molecule is C[C@H](N)C(=O)N[C@H](C=O)CC(=O)O. The van der Waals surface area contributed by atoms with Crippen molar-refractivity contribution in [3.63, 3.8) is 0 Å². The summed E-state index contributed by atoms with van der Waals surface area (Å²) < 4.78 is 0. The fourth-order valence-electron chi connectivity index (χ4n) is 0.635. The van der Waals surface area contributed by atoms with Gasteiger partial charge in [-0.2, -0.15) is 0 Å². The smallest absolute Gasteiger partial charge is 0.305 e. The van der Waals surface area contributed by atoms with E-state index in [1.807, 2.05) is 0 Å². The highest BCUT2D eigenvalue weighted by Gasteiger charge is 2.16. The third kappa shape index (κ3) is 4.91. The molecule has 0 rings (SSSR count). The van der Waals surface area contributed by atoms with Crippen LogP contribution in [-0.2, 0) is 14.4 Å². The second-order valence-electron chi connectivity index (χ2n) is 2.64. The molecule has 0 unspecified atom stereocenters. The second kappa shape index (κ2) is 5.26. The summed E-state index contributed by atoms with van der Waals surface area (Å²) in [6.45, 7) is 1.44. The first-order chi connectivity index (χ1) is 5.97. The van der Waals surface area contributed by atoms with Crippen molar-refractivity contribution in [2.24, 2.45) is 5.73 Å². The van der Waals surface area contributed by atoms with Crippen molar-refractivity contribution in [3.05, 3.63) is 0 Å². The Morgan fingerprint density at radius 3 is 2.46 bits per heavy atom. The Kier molecular flexibility index (Phi) is 4.68. The van der Waals surface area contributed by atoms with Crippen molar-refractivity contribution < 1.29 is 19.5 Å². The second-order valence-corrected chi connectivity index (χ2v) is 2.64. The van der Waals surface area contributed by atoms with E-state index in [-0.39, 0.29) is 0 Å². The van der Waals surface area contributed by atoms with Gasteiger partial charge in [0.25, 0.3) is 0 Å². The van der Waals surface area contributed by atoms with Gasteiger partial charge in [-0.25, -0.2) is 0 Å². The molecule has 0 spiro atoms. The van der Waals surface area contributed by atoms with Crippen LogP contribution in [0.5, 0.6) is 0 Å². The number of hydrogen-bond donors (Lipinski definition) is 3. The summed E-state index contributed by atoms with van der Waals surface area (Å²) in [5.41, 5.74) is 5.19. The molecule has 0 aliphatic rings. The van der Waals surface area contributed by atoms with Gasteiger partial charge in [0.2, 0.25) is 5.91 Å². The fourth-order valence-corrected chi connectivity index (χ4v) is 0.635. The number of aldehydes is 1. The third-order valence-electron chi connectivity index (χ3n) is 1.30. The van der Waals surface area contributed by atoms with Crippen LogP contribution in [0.2, 0.25) is 0 Å². The summed E-state index contributed by atoms with van der Waals surface area (Å²) >= 11 is 0. The number of aliphatic carboxylic acids is 1. The first kappa shape index (κ1) is 11.6. The predicted molar refractivity (Wildman–Crippen MR) is 43.9 cm³/mol. The number of carboxylic acid groups (broad SMARTS) is 1. The molecule has 4 N–H and O–H groups in total. The first-order valence-corrected chi connectivity index (χ1v) is 3.70. The first-order valence-electron chi connectivity index (χ1n) is 3.70. The number of rotatable bonds is 5. The van der Waals surface area contributed by atoms with E-state index in [0.29, 0.717) is 6.29 Å². The van der Waals surface area contributed by atoms with Gasteiger partial charge in [-0.3, -0.25) is 9.59 Å². The van der Waals surface area contributed by atoms with E-state index < -0.39 is 30.4 Å². The molecule has 0 aromatic carbocycles. The minimum Gasteiger partial charge on any atom is -0.481 e. The molecule has 0 aliphatic heterocycles. The zero-order valence-corrected chi connectivity index (χ0v) is 7.19. The summed E-state index contributed by atoms with van der Waals surface area (Å²) in [6.07, 6.45) is -0.0592. The van der Waals surface area contributed by atoms with Gasteiger partial charge in [0, 0.05) is 0 Å². The van der Waals surface area contributed by atoms with Crippen LogP contribution in [0.15, 0.2) is 0 Å². The number of amides is 1. The molecule has 0 aromatic heterocycles. The molecule has 6 heteroatoms. The van der Waals surface area contributed by atoms with Gasteiger partial charge in [0.05, 0.1) is 18.5 Å². The van der Waals surface area contributed by atoms with Crippen LogP contribution >= 0.6 is 0 Å². The zero-order valence-electron chi connectivity index (χ0n) is 7.19. The Labute approximate surface area is 75.1 Å². The van der Waals surface area contributed by atoms with Gasteiger partial charge in [0.1, 0.15) is 6.29 Å².